The second-order valence-corrected chi connectivity index (χ2v) is 7.38. The fourth-order valence-corrected chi connectivity index (χ4v) is 3.71. The van der Waals surface area contributed by atoms with E-state index in [2.05, 4.69) is 10.4 Å². The molecule has 0 atom stereocenters. The largest absolute Gasteiger partial charge is 0.319 e. The minimum Gasteiger partial charge on any atom is -0.319 e. The van der Waals surface area contributed by atoms with E-state index < -0.39 is 17.5 Å². The predicted molar refractivity (Wildman–Crippen MR) is 117 cm³/mol. The number of amides is 1. The number of carbonyl (C=O) groups is 1. The third-order valence-electron chi connectivity index (χ3n) is 4.85. The molecular formula is C24H18ClF2N3O. The topological polar surface area (TPSA) is 46.9 Å². The lowest BCUT2D eigenvalue weighted by molar-refractivity contribution is 0.102. The molecule has 0 spiro atoms. The fraction of sp³-hybridized carbons (Fsp3) is 0.0833. The van der Waals surface area contributed by atoms with Gasteiger partial charge in [0.15, 0.2) is 0 Å². The molecule has 31 heavy (non-hydrogen) atoms. The van der Waals surface area contributed by atoms with Crippen LogP contribution in [-0.2, 0) is 6.54 Å². The molecule has 0 bridgehead atoms. The van der Waals surface area contributed by atoms with Crippen molar-refractivity contribution in [3.05, 3.63) is 106 Å². The maximum Gasteiger partial charge on any atom is 0.260 e. The number of hydrogen-bond donors (Lipinski definition) is 1. The van der Waals surface area contributed by atoms with Crippen molar-refractivity contribution in [1.82, 2.24) is 9.78 Å². The molecule has 1 amide bonds. The van der Waals surface area contributed by atoms with E-state index in [1.807, 2.05) is 30.3 Å². The third-order valence-corrected chi connectivity index (χ3v) is 5.23. The molecule has 0 saturated heterocycles. The highest BCUT2D eigenvalue weighted by Crippen LogP contribution is 2.32. The zero-order valence-electron chi connectivity index (χ0n) is 16.6. The summed E-state index contributed by atoms with van der Waals surface area (Å²) in [5.74, 6) is -2.23. The summed E-state index contributed by atoms with van der Waals surface area (Å²) in [6.45, 7) is 2.04. The zero-order valence-corrected chi connectivity index (χ0v) is 17.3. The van der Waals surface area contributed by atoms with Gasteiger partial charge in [0.05, 0.1) is 23.5 Å². The van der Waals surface area contributed by atoms with Gasteiger partial charge in [0.1, 0.15) is 16.8 Å². The number of benzene rings is 3. The van der Waals surface area contributed by atoms with Gasteiger partial charge < -0.3 is 5.32 Å². The van der Waals surface area contributed by atoms with E-state index in [4.69, 9.17) is 11.6 Å². The van der Waals surface area contributed by atoms with E-state index in [1.54, 1.807) is 37.3 Å². The van der Waals surface area contributed by atoms with Gasteiger partial charge in [0, 0.05) is 11.6 Å². The average molecular weight is 438 g/mol. The zero-order chi connectivity index (χ0) is 22.0. The maximum atomic E-state index is 14.7. The first-order valence-corrected chi connectivity index (χ1v) is 9.94. The van der Waals surface area contributed by atoms with Crippen molar-refractivity contribution in [3.63, 3.8) is 0 Å². The van der Waals surface area contributed by atoms with Gasteiger partial charge in [-0.2, -0.15) is 5.10 Å². The van der Waals surface area contributed by atoms with Crippen LogP contribution in [0.15, 0.2) is 72.8 Å². The van der Waals surface area contributed by atoms with E-state index in [-0.39, 0.29) is 22.0 Å². The molecule has 4 aromatic rings. The van der Waals surface area contributed by atoms with Crippen LogP contribution in [0, 0.1) is 18.6 Å². The third kappa shape index (κ3) is 4.34. The Hall–Kier alpha value is -3.51. The average Bonchev–Trinajstić information content (AvgIpc) is 3.04. The van der Waals surface area contributed by atoms with Crippen LogP contribution in [0.4, 0.5) is 14.5 Å². The highest BCUT2D eigenvalue weighted by Gasteiger charge is 2.23. The monoisotopic (exact) mass is 437 g/mol. The van der Waals surface area contributed by atoms with E-state index in [1.165, 1.54) is 10.7 Å². The molecule has 0 saturated carbocycles. The Balaban J connectivity index is 1.68. The van der Waals surface area contributed by atoms with Crippen LogP contribution in [0.1, 0.15) is 21.6 Å². The SMILES string of the molecule is Cc1nn(Cc2ccccc2)c(Cl)c1C(=O)Nc1c(F)cc(F)cc1-c1ccccc1. The lowest BCUT2D eigenvalue weighted by Crippen LogP contribution is -2.15. The van der Waals surface area contributed by atoms with Crippen molar-refractivity contribution < 1.29 is 13.6 Å². The van der Waals surface area contributed by atoms with E-state index in [0.717, 1.165) is 11.6 Å². The smallest absolute Gasteiger partial charge is 0.260 e. The number of nitrogens with zero attached hydrogens (tertiary/aromatic N) is 2. The number of halogens is 3. The predicted octanol–water partition coefficient (Wildman–Crippen LogP) is 6.09. The van der Waals surface area contributed by atoms with Crippen molar-refractivity contribution in [2.45, 2.75) is 13.5 Å². The Labute approximate surface area is 183 Å². The summed E-state index contributed by atoms with van der Waals surface area (Å²) in [7, 11) is 0. The summed E-state index contributed by atoms with van der Waals surface area (Å²) in [6, 6.07) is 20.2. The molecule has 3 aromatic carbocycles. The Bertz CT molecular complexity index is 1240. The number of anilines is 1. The lowest BCUT2D eigenvalue weighted by Gasteiger charge is -2.13. The van der Waals surface area contributed by atoms with Crippen LogP contribution in [0.2, 0.25) is 5.15 Å². The first-order chi connectivity index (χ1) is 14.9. The molecule has 7 heteroatoms. The first-order valence-electron chi connectivity index (χ1n) is 9.56. The molecule has 4 rings (SSSR count). The molecule has 156 valence electrons. The van der Waals surface area contributed by atoms with E-state index in [0.29, 0.717) is 17.8 Å². The van der Waals surface area contributed by atoms with Crippen molar-refractivity contribution in [1.29, 1.82) is 0 Å². The Morgan fingerprint density at radius 1 is 1.03 bits per heavy atom. The summed E-state index contributed by atoms with van der Waals surface area (Å²) in [6.07, 6.45) is 0. The molecule has 0 fully saturated rings. The van der Waals surface area contributed by atoms with Crippen molar-refractivity contribution >= 4 is 23.2 Å². The summed E-state index contributed by atoms with van der Waals surface area (Å²) in [5, 5.41) is 7.06. The Morgan fingerprint density at radius 2 is 1.68 bits per heavy atom. The lowest BCUT2D eigenvalue weighted by atomic mass is 10.0. The maximum absolute atomic E-state index is 14.7. The molecular weight excluding hydrogens is 420 g/mol. The molecule has 0 aliphatic rings. The van der Waals surface area contributed by atoms with E-state index >= 15 is 0 Å². The summed E-state index contributed by atoms with van der Waals surface area (Å²) in [5.41, 5.74) is 2.19. The van der Waals surface area contributed by atoms with Gasteiger partial charge in [-0.3, -0.25) is 4.79 Å². The van der Waals surface area contributed by atoms with Gasteiger partial charge in [0.2, 0.25) is 0 Å². The number of rotatable bonds is 5. The van der Waals surface area contributed by atoms with Gasteiger partial charge in [-0.05, 0) is 24.1 Å². The quantitative estimate of drug-likeness (QED) is 0.410. The highest BCUT2D eigenvalue weighted by molar-refractivity contribution is 6.33. The standard InChI is InChI=1S/C24H18ClF2N3O/c1-15-21(23(25)30(29-15)14-16-8-4-2-5-9-16)24(31)28-22-19(12-18(26)13-20(22)27)17-10-6-3-7-11-17/h2-13H,14H2,1H3,(H,28,31). The van der Waals surface area contributed by atoms with Crippen LogP contribution in [-0.4, -0.2) is 15.7 Å². The van der Waals surface area contributed by atoms with Gasteiger partial charge >= 0.3 is 0 Å². The number of nitrogens with one attached hydrogen (secondary N) is 1. The first kappa shape index (κ1) is 20.8. The second kappa shape index (κ2) is 8.70. The number of carbonyl (C=O) groups excluding carboxylic acids is 1. The highest BCUT2D eigenvalue weighted by atomic mass is 35.5. The van der Waals surface area contributed by atoms with Crippen LogP contribution in [0.3, 0.4) is 0 Å². The normalized spacial score (nSPS) is 10.8. The number of hydrogen-bond acceptors (Lipinski definition) is 2. The summed E-state index contributed by atoms with van der Waals surface area (Å²) >= 11 is 6.45. The van der Waals surface area contributed by atoms with E-state index in [9.17, 15) is 13.6 Å². The Morgan fingerprint density at radius 3 is 2.35 bits per heavy atom. The fourth-order valence-electron chi connectivity index (χ4n) is 3.39. The van der Waals surface area contributed by atoms with Gasteiger partial charge in [0.25, 0.3) is 5.91 Å². The Kier molecular flexibility index (Phi) is 5.82. The van der Waals surface area contributed by atoms with Crippen LogP contribution in [0.25, 0.3) is 11.1 Å². The molecule has 0 aliphatic carbocycles. The molecule has 0 unspecified atom stereocenters. The minimum absolute atomic E-state index is 0.121. The van der Waals surface area contributed by atoms with Crippen LogP contribution in [0.5, 0.6) is 0 Å². The van der Waals surface area contributed by atoms with Crippen LogP contribution >= 0.6 is 11.6 Å². The van der Waals surface area contributed by atoms with Gasteiger partial charge in [-0.15, -0.1) is 0 Å². The van der Waals surface area contributed by atoms with Crippen molar-refractivity contribution in [2.24, 2.45) is 0 Å². The molecule has 1 heterocycles. The number of aromatic nitrogens is 2. The number of aryl methyl sites for hydroxylation is 1. The van der Waals surface area contributed by atoms with Crippen LogP contribution < -0.4 is 5.32 Å². The summed E-state index contributed by atoms with van der Waals surface area (Å²) in [4.78, 5) is 13.0. The summed E-state index contributed by atoms with van der Waals surface area (Å²) < 4.78 is 30.1. The molecule has 4 nitrogen and oxygen atoms in total. The van der Waals surface area contributed by atoms with Crippen molar-refractivity contribution in [2.75, 3.05) is 5.32 Å². The molecule has 0 radical (unpaired) electrons. The molecule has 1 aromatic heterocycles. The van der Waals surface area contributed by atoms with Gasteiger partial charge in [-0.1, -0.05) is 72.3 Å². The van der Waals surface area contributed by atoms with Crippen molar-refractivity contribution in [3.8, 4) is 11.1 Å². The molecule has 0 aliphatic heterocycles. The minimum atomic E-state index is -0.877. The molecule has 1 N–H and O–H groups in total. The van der Waals surface area contributed by atoms with Gasteiger partial charge in [-0.25, -0.2) is 13.5 Å². The second-order valence-electron chi connectivity index (χ2n) is 7.02.